The van der Waals surface area contributed by atoms with Crippen LogP contribution in [0, 0.1) is 5.92 Å². The van der Waals surface area contributed by atoms with Crippen LogP contribution in [0.3, 0.4) is 0 Å². The lowest BCUT2D eigenvalue weighted by atomic mass is 9.92. The fraction of sp³-hybridized carbons (Fsp3) is 0.500. The highest BCUT2D eigenvalue weighted by Gasteiger charge is 2.19. The van der Waals surface area contributed by atoms with Crippen molar-refractivity contribution >= 4 is 35.8 Å². The van der Waals surface area contributed by atoms with E-state index < -0.39 is 0 Å². The quantitative estimate of drug-likeness (QED) is 0.478. The molecular weight excluding hydrogens is 441 g/mol. The number of nitrogens with one attached hydrogen (secondary N) is 1. The summed E-state index contributed by atoms with van der Waals surface area (Å²) in [6.07, 6.45) is 8.53. The molecule has 0 unspecified atom stereocenters. The van der Waals surface area contributed by atoms with Crippen molar-refractivity contribution in [2.24, 2.45) is 5.92 Å². The molecule has 6 heteroatoms. The van der Waals surface area contributed by atoms with Gasteiger partial charge >= 0.3 is 0 Å². The number of rotatable bonds is 6. The van der Waals surface area contributed by atoms with Crippen molar-refractivity contribution in [1.29, 1.82) is 0 Å². The lowest BCUT2D eigenvalue weighted by molar-refractivity contribution is 0.261. The van der Waals surface area contributed by atoms with Crippen LogP contribution in [0.4, 0.5) is 0 Å². The summed E-state index contributed by atoms with van der Waals surface area (Å²) in [7, 11) is 0. The smallest absolute Gasteiger partial charge is 0.167 e. The summed E-state index contributed by atoms with van der Waals surface area (Å²) in [6.45, 7) is 5.55. The van der Waals surface area contributed by atoms with E-state index in [1.165, 1.54) is 67.3 Å². The molecule has 0 spiro atoms. The number of aryl methyl sites for hydroxylation is 2. The molecule has 32 heavy (non-hydrogen) atoms. The molecule has 0 atom stereocenters. The van der Waals surface area contributed by atoms with E-state index in [-0.39, 0.29) is 24.8 Å². The van der Waals surface area contributed by atoms with Crippen LogP contribution in [-0.2, 0) is 25.9 Å². The Morgan fingerprint density at radius 2 is 1.84 bits per heavy atom. The molecule has 0 radical (unpaired) electrons. The molecule has 0 aliphatic carbocycles. The third-order valence-electron chi connectivity index (χ3n) is 6.91. The maximum atomic E-state index is 5.75. The van der Waals surface area contributed by atoms with Crippen LogP contribution in [0.15, 0.2) is 47.0 Å². The van der Waals surface area contributed by atoms with E-state index in [1.807, 2.05) is 0 Å². The van der Waals surface area contributed by atoms with Gasteiger partial charge in [0, 0.05) is 18.5 Å². The van der Waals surface area contributed by atoms with Crippen molar-refractivity contribution in [2.45, 2.75) is 58.0 Å². The number of fused-ring (bicyclic) bond motifs is 2. The van der Waals surface area contributed by atoms with Gasteiger partial charge in [0.2, 0.25) is 0 Å². The highest BCUT2D eigenvalue weighted by Crippen LogP contribution is 2.29. The normalized spacial score (nSPS) is 17.2. The van der Waals surface area contributed by atoms with Gasteiger partial charge in [-0.3, -0.25) is 4.90 Å². The van der Waals surface area contributed by atoms with Crippen molar-refractivity contribution in [3.63, 3.8) is 0 Å². The van der Waals surface area contributed by atoms with Crippen molar-refractivity contribution in [3.8, 4) is 0 Å². The summed E-state index contributed by atoms with van der Waals surface area (Å²) >= 11 is 0. The van der Waals surface area contributed by atoms with Crippen LogP contribution >= 0.6 is 24.8 Å². The predicted octanol–water partition coefficient (Wildman–Crippen LogP) is 5.94. The third kappa shape index (κ3) is 6.05. The van der Waals surface area contributed by atoms with E-state index in [0.717, 1.165) is 49.7 Å². The van der Waals surface area contributed by atoms with Crippen molar-refractivity contribution < 1.29 is 4.52 Å². The number of hydrogen-bond donors (Lipinski definition) is 1. The molecule has 1 saturated heterocycles. The van der Waals surface area contributed by atoms with Gasteiger partial charge in [-0.25, -0.2) is 0 Å². The molecule has 3 aromatic rings. The highest BCUT2D eigenvalue weighted by molar-refractivity contribution is 5.85. The minimum Gasteiger partial charge on any atom is -0.356 e. The SMILES string of the molecule is Cl.Cl.c1ccc(CN2CCCc3cc4onc(CCCC5CCNCC5)c4cc3C2)cc1. The summed E-state index contributed by atoms with van der Waals surface area (Å²) in [6, 6.07) is 15.5. The second kappa shape index (κ2) is 12.0. The molecule has 5 rings (SSSR count). The second-order valence-corrected chi connectivity index (χ2v) is 9.13. The molecule has 1 aromatic heterocycles. The minimum atomic E-state index is 0. The van der Waals surface area contributed by atoms with E-state index >= 15 is 0 Å². The van der Waals surface area contributed by atoms with Gasteiger partial charge in [-0.05, 0) is 99.3 Å². The van der Waals surface area contributed by atoms with Gasteiger partial charge in [-0.15, -0.1) is 24.8 Å². The Bertz CT molecular complexity index is 970. The molecule has 0 bridgehead atoms. The van der Waals surface area contributed by atoms with Crippen molar-refractivity contribution in [3.05, 3.63) is 64.8 Å². The summed E-state index contributed by atoms with van der Waals surface area (Å²) in [5.41, 5.74) is 6.42. The topological polar surface area (TPSA) is 41.3 Å². The Balaban J connectivity index is 0.00000144. The van der Waals surface area contributed by atoms with Crippen LogP contribution in [0.1, 0.15) is 54.5 Å². The first kappa shape index (κ1) is 25.0. The molecule has 0 saturated carbocycles. The van der Waals surface area contributed by atoms with E-state index in [0.29, 0.717) is 0 Å². The van der Waals surface area contributed by atoms with Crippen LogP contribution < -0.4 is 5.32 Å². The molecule has 4 nitrogen and oxygen atoms in total. The molecule has 2 aliphatic rings. The molecular formula is C26H35Cl2N3O. The third-order valence-corrected chi connectivity index (χ3v) is 6.91. The van der Waals surface area contributed by atoms with Crippen LogP contribution in [0.2, 0.25) is 0 Å². The summed E-state index contributed by atoms with van der Waals surface area (Å²) < 4.78 is 5.75. The van der Waals surface area contributed by atoms with Crippen LogP contribution in [0.5, 0.6) is 0 Å². The number of aromatic nitrogens is 1. The van der Waals surface area contributed by atoms with Gasteiger partial charge in [-0.1, -0.05) is 35.5 Å². The average Bonchev–Trinajstić information content (AvgIpc) is 3.05. The molecule has 0 amide bonds. The first-order chi connectivity index (χ1) is 14.8. The number of piperidine rings is 1. The summed E-state index contributed by atoms with van der Waals surface area (Å²) in [5, 5.41) is 9.16. The van der Waals surface area contributed by atoms with E-state index in [1.54, 1.807) is 0 Å². The summed E-state index contributed by atoms with van der Waals surface area (Å²) in [5.74, 6) is 0.882. The zero-order valence-corrected chi connectivity index (χ0v) is 20.4. The zero-order chi connectivity index (χ0) is 20.2. The molecule has 174 valence electrons. The van der Waals surface area contributed by atoms with Crippen LogP contribution in [0.25, 0.3) is 11.0 Å². The first-order valence-electron chi connectivity index (χ1n) is 11.7. The summed E-state index contributed by atoms with van der Waals surface area (Å²) in [4.78, 5) is 2.58. The standard InChI is InChI=1S/C26H33N3O.2ClH/c1-2-6-21(7-3-1)18-29-15-5-9-22-17-26-24(16-23(22)19-29)25(28-30-26)10-4-8-20-11-13-27-14-12-20;;/h1-3,6-7,16-17,20,27H,4-5,8-15,18-19H2;2*1H. The van der Waals surface area contributed by atoms with E-state index in [4.69, 9.17) is 4.52 Å². The monoisotopic (exact) mass is 475 g/mol. The molecule has 1 N–H and O–H groups in total. The number of benzene rings is 2. The minimum absolute atomic E-state index is 0. The fourth-order valence-electron chi connectivity index (χ4n) is 5.20. The Morgan fingerprint density at radius 1 is 1.03 bits per heavy atom. The fourth-order valence-corrected chi connectivity index (χ4v) is 5.20. The highest BCUT2D eigenvalue weighted by atomic mass is 35.5. The lowest BCUT2D eigenvalue weighted by Gasteiger charge is -2.22. The zero-order valence-electron chi connectivity index (χ0n) is 18.7. The van der Waals surface area contributed by atoms with Gasteiger partial charge < -0.3 is 9.84 Å². The molecule has 2 aromatic carbocycles. The van der Waals surface area contributed by atoms with Crippen molar-refractivity contribution in [2.75, 3.05) is 19.6 Å². The Morgan fingerprint density at radius 3 is 2.66 bits per heavy atom. The molecule has 3 heterocycles. The number of hydrogen-bond acceptors (Lipinski definition) is 4. The van der Waals surface area contributed by atoms with E-state index in [9.17, 15) is 0 Å². The molecule has 2 aliphatic heterocycles. The maximum Gasteiger partial charge on any atom is 0.167 e. The Kier molecular flexibility index (Phi) is 9.42. The van der Waals surface area contributed by atoms with Gasteiger partial charge in [0.25, 0.3) is 0 Å². The Hall–Kier alpha value is -1.59. The van der Waals surface area contributed by atoms with Gasteiger partial charge in [-0.2, -0.15) is 0 Å². The van der Waals surface area contributed by atoms with Gasteiger partial charge in [0.05, 0.1) is 5.69 Å². The second-order valence-electron chi connectivity index (χ2n) is 9.13. The van der Waals surface area contributed by atoms with Gasteiger partial charge in [0.15, 0.2) is 5.58 Å². The lowest BCUT2D eigenvalue weighted by Crippen LogP contribution is -2.27. The van der Waals surface area contributed by atoms with Gasteiger partial charge in [0.1, 0.15) is 0 Å². The predicted molar refractivity (Wildman–Crippen MR) is 136 cm³/mol. The van der Waals surface area contributed by atoms with Crippen molar-refractivity contribution in [1.82, 2.24) is 15.4 Å². The number of nitrogens with zero attached hydrogens (tertiary/aromatic N) is 2. The van der Waals surface area contributed by atoms with E-state index in [2.05, 4.69) is 57.8 Å². The van der Waals surface area contributed by atoms with Crippen LogP contribution in [-0.4, -0.2) is 29.7 Å². The largest absolute Gasteiger partial charge is 0.356 e. The number of halogens is 2. The molecule has 1 fully saturated rings. The first-order valence-corrected chi connectivity index (χ1v) is 11.7. The average molecular weight is 476 g/mol. The Labute approximate surface area is 203 Å². The maximum absolute atomic E-state index is 5.75.